The van der Waals surface area contributed by atoms with Crippen LogP contribution in [-0.4, -0.2) is 34.2 Å². The van der Waals surface area contributed by atoms with E-state index >= 15 is 0 Å². The maximum atomic E-state index is 11.0. The zero-order valence-electron chi connectivity index (χ0n) is 11.7. The smallest absolute Gasteiger partial charge is 0.354 e. The van der Waals surface area contributed by atoms with Crippen molar-refractivity contribution in [1.82, 2.24) is 4.98 Å². The molecule has 2 aromatic rings. The molecule has 1 heterocycles. The van der Waals surface area contributed by atoms with Crippen molar-refractivity contribution in [2.75, 3.05) is 7.11 Å². The fourth-order valence-electron chi connectivity index (χ4n) is 1.77. The van der Waals surface area contributed by atoms with E-state index in [1.807, 2.05) is 12.1 Å². The van der Waals surface area contributed by atoms with Gasteiger partial charge in [-0.15, -0.1) is 0 Å². The Balaban J connectivity index is 2.32. The summed E-state index contributed by atoms with van der Waals surface area (Å²) < 4.78 is 5.05. The predicted octanol–water partition coefficient (Wildman–Crippen LogP) is 2.66. The SMILES string of the molecule is COc1ccc(/C=C/c2cc(C(=O)O)nc(C(=O)O)c2)cc1. The number of methoxy groups -OCH3 is 1. The lowest BCUT2D eigenvalue weighted by Gasteiger charge is -2.01. The maximum absolute atomic E-state index is 11.0. The second kappa shape index (κ2) is 6.53. The van der Waals surface area contributed by atoms with Crippen molar-refractivity contribution in [3.05, 3.63) is 58.9 Å². The third-order valence-electron chi connectivity index (χ3n) is 2.87. The highest BCUT2D eigenvalue weighted by atomic mass is 16.5. The lowest BCUT2D eigenvalue weighted by molar-refractivity contribution is 0.0685. The molecule has 0 aliphatic heterocycles. The molecule has 0 amide bonds. The van der Waals surface area contributed by atoms with Crippen molar-refractivity contribution >= 4 is 24.1 Å². The molecule has 0 fully saturated rings. The summed E-state index contributed by atoms with van der Waals surface area (Å²) in [6.07, 6.45) is 3.37. The highest BCUT2D eigenvalue weighted by molar-refractivity contribution is 5.91. The first-order chi connectivity index (χ1) is 10.5. The molecular formula is C16H13NO5. The van der Waals surface area contributed by atoms with Crippen LogP contribution < -0.4 is 4.74 Å². The zero-order valence-corrected chi connectivity index (χ0v) is 11.7. The number of carboxylic acid groups (broad SMARTS) is 2. The summed E-state index contributed by atoms with van der Waals surface area (Å²) in [5, 5.41) is 17.9. The number of ether oxygens (including phenoxy) is 1. The molecule has 112 valence electrons. The quantitative estimate of drug-likeness (QED) is 0.881. The van der Waals surface area contributed by atoms with Crippen LogP contribution in [0.25, 0.3) is 12.2 Å². The third kappa shape index (κ3) is 3.69. The van der Waals surface area contributed by atoms with Crippen molar-refractivity contribution < 1.29 is 24.5 Å². The first-order valence-electron chi connectivity index (χ1n) is 6.30. The van der Waals surface area contributed by atoms with Crippen molar-refractivity contribution in [2.45, 2.75) is 0 Å². The molecule has 0 spiro atoms. The Morgan fingerprint density at radius 3 is 1.91 bits per heavy atom. The molecule has 1 aromatic heterocycles. The minimum atomic E-state index is -1.28. The third-order valence-corrected chi connectivity index (χ3v) is 2.87. The second-order valence-corrected chi connectivity index (χ2v) is 4.39. The summed E-state index contributed by atoms with van der Waals surface area (Å²) in [4.78, 5) is 25.5. The van der Waals surface area contributed by atoms with Crippen LogP contribution in [0.1, 0.15) is 32.1 Å². The molecule has 2 N–H and O–H groups in total. The molecule has 0 radical (unpaired) electrons. The second-order valence-electron chi connectivity index (χ2n) is 4.39. The summed E-state index contributed by atoms with van der Waals surface area (Å²) in [7, 11) is 1.57. The number of pyridine rings is 1. The van der Waals surface area contributed by atoms with Crippen molar-refractivity contribution in [1.29, 1.82) is 0 Å². The number of hydrogen-bond acceptors (Lipinski definition) is 4. The lowest BCUT2D eigenvalue weighted by atomic mass is 10.1. The topological polar surface area (TPSA) is 96.7 Å². The van der Waals surface area contributed by atoms with Gasteiger partial charge in [-0.1, -0.05) is 24.3 Å². The van der Waals surface area contributed by atoms with Gasteiger partial charge in [-0.3, -0.25) is 0 Å². The summed E-state index contributed by atoms with van der Waals surface area (Å²) in [5.74, 6) is -1.83. The van der Waals surface area contributed by atoms with E-state index in [2.05, 4.69) is 4.98 Å². The fraction of sp³-hybridized carbons (Fsp3) is 0.0625. The molecular weight excluding hydrogens is 286 g/mol. The van der Waals surface area contributed by atoms with Gasteiger partial charge in [0.1, 0.15) is 17.1 Å². The Morgan fingerprint density at radius 2 is 1.45 bits per heavy atom. The molecule has 0 saturated carbocycles. The number of carboxylic acids is 2. The highest BCUT2D eigenvalue weighted by Crippen LogP contribution is 2.15. The lowest BCUT2D eigenvalue weighted by Crippen LogP contribution is -2.07. The van der Waals surface area contributed by atoms with E-state index in [-0.39, 0.29) is 11.4 Å². The van der Waals surface area contributed by atoms with Crippen molar-refractivity contribution in [2.24, 2.45) is 0 Å². The number of aromatic nitrogens is 1. The average Bonchev–Trinajstić information content (AvgIpc) is 2.53. The fourth-order valence-corrected chi connectivity index (χ4v) is 1.77. The van der Waals surface area contributed by atoms with E-state index in [1.165, 1.54) is 12.1 Å². The average molecular weight is 299 g/mol. The molecule has 1 aromatic carbocycles. The molecule has 6 heteroatoms. The van der Waals surface area contributed by atoms with E-state index in [0.29, 0.717) is 5.56 Å². The van der Waals surface area contributed by atoms with E-state index in [4.69, 9.17) is 14.9 Å². The number of carbonyl (C=O) groups is 2. The van der Waals surface area contributed by atoms with Gasteiger partial charge in [0.15, 0.2) is 0 Å². The summed E-state index contributed by atoms with van der Waals surface area (Å²) in [6, 6.07) is 9.86. The maximum Gasteiger partial charge on any atom is 0.354 e. The molecule has 6 nitrogen and oxygen atoms in total. The van der Waals surface area contributed by atoms with Gasteiger partial charge in [0, 0.05) is 0 Å². The first-order valence-corrected chi connectivity index (χ1v) is 6.30. The molecule has 22 heavy (non-hydrogen) atoms. The molecule has 0 saturated heterocycles. The number of hydrogen-bond donors (Lipinski definition) is 2. The van der Waals surface area contributed by atoms with Crippen LogP contribution in [0.3, 0.4) is 0 Å². The summed E-state index contributed by atoms with van der Waals surface area (Å²) in [5.41, 5.74) is 0.690. The van der Waals surface area contributed by atoms with Crippen LogP contribution in [0.15, 0.2) is 36.4 Å². The molecule has 0 atom stereocenters. The van der Waals surface area contributed by atoms with Crippen molar-refractivity contribution in [3.63, 3.8) is 0 Å². The van der Waals surface area contributed by atoms with Gasteiger partial charge < -0.3 is 14.9 Å². The number of aromatic carboxylic acids is 2. The van der Waals surface area contributed by atoms with E-state index in [0.717, 1.165) is 11.3 Å². The molecule has 2 rings (SSSR count). The molecule has 0 unspecified atom stereocenters. The largest absolute Gasteiger partial charge is 0.497 e. The minimum absolute atomic E-state index is 0.311. The molecule has 0 bridgehead atoms. The summed E-state index contributed by atoms with van der Waals surface area (Å²) >= 11 is 0. The van der Waals surface area contributed by atoms with Crippen LogP contribution >= 0.6 is 0 Å². The van der Waals surface area contributed by atoms with Gasteiger partial charge in [0.25, 0.3) is 0 Å². The minimum Gasteiger partial charge on any atom is -0.497 e. The van der Waals surface area contributed by atoms with Crippen LogP contribution in [-0.2, 0) is 0 Å². The van der Waals surface area contributed by atoms with Gasteiger partial charge in [-0.25, -0.2) is 14.6 Å². The van der Waals surface area contributed by atoms with Gasteiger partial charge in [-0.05, 0) is 35.4 Å². The Labute approximate surface area is 126 Å². The van der Waals surface area contributed by atoms with Crippen molar-refractivity contribution in [3.8, 4) is 5.75 Å². The summed E-state index contributed by atoms with van der Waals surface area (Å²) in [6.45, 7) is 0. The van der Waals surface area contributed by atoms with Crippen LogP contribution in [0, 0.1) is 0 Å². The monoisotopic (exact) mass is 299 g/mol. The number of nitrogens with zero attached hydrogens (tertiary/aromatic N) is 1. The van der Waals surface area contributed by atoms with E-state index in [1.54, 1.807) is 31.4 Å². The van der Waals surface area contributed by atoms with Crippen LogP contribution in [0.5, 0.6) is 5.75 Å². The molecule has 0 aliphatic rings. The standard InChI is InChI=1S/C16H13NO5/c1-22-12-6-4-10(5-7-12)2-3-11-8-13(15(18)19)17-14(9-11)16(20)21/h2-9H,1H3,(H,18,19)(H,20,21)/b3-2+. The van der Waals surface area contributed by atoms with Crippen LogP contribution in [0.4, 0.5) is 0 Å². The van der Waals surface area contributed by atoms with E-state index < -0.39 is 11.9 Å². The first kappa shape index (κ1) is 15.2. The van der Waals surface area contributed by atoms with Gasteiger partial charge in [0.05, 0.1) is 7.11 Å². The highest BCUT2D eigenvalue weighted by Gasteiger charge is 2.12. The van der Waals surface area contributed by atoms with E-state index in [9.17, 15) is 9.59 Å². The Hall–Kier alpha value is -3.15. The Bertz CT molecular complexity index is 702. The number of benzene rings is 1. The Morgan fingerprint density at radius 1 is 0.955 bits per heavy atom. The molecule has 0 aliphatic carbocycles. The van der Waals surface area contributed by atoms with Gasteiger partial charge >= 0.3 is 11.9 Å². The predicted molar refractivity (Wildman–Crippen MR) is 80.1 cm³/mol. The zero-order chi connectivity index (χ0) is 16.1. The van der Waals surface area contributed by atoms with Gasteiger partial charge in [-0.2, -0.15) is 0 Å². The normalized spacial score (nSPS) is 10.6. The van der Waals surface area contributed by atoms with Gasteiger partial charge in [0.2, 0.25) is 0 Å². The van der Waals surface area contributed by atoms with Crippen LogP contribution in [0.2, 0.25) is 0 Å². The number of rotatable bonds is 5. The Kier molecular flexibility index (Phi) is 4.53.